The molecule has 5 heteroatoms. The molecule has 116 valence electrons. The molecule has 0 saturated carbocycles. The van der Waals surface area contributed by atoms with Crippen molar-refractivity contribution in [3.63, 3.8) is 0 Å². The Morgan fingerprint density at radius 2 is 1.91 bits per heavy atom. The van der Waals surface area contributed by atoms with Crippen molar-refractivity contribution in [2.75, 3.05) is 5.32 Å². The summed E-state index contributed by atoms with van der Waals surface area (Å²) in [6.07, 6.45) is 2.82. The number of hydrogen-bond donors (Lipinski definition) is 2. The Morgan fingerprint density at radius 3 is 2.74 bits per heavy atom. The maximum Gasteiger partial charge on any atom is 0.248 e. The average Bonchev–Trinajstić information content (AvgIpc) is 2.91. The zero-order chi connectivity index (χ0) is 16.4. The van der Waals surface area contributed by atoms with Gasteiger partial charge in [0, 0.05) is 12.2 Å². The summed E-state index contributed by atoms with van der Waals surface area (Å²) >= 11 is 0. The maximum atomic E-state index is 11.9. The number of benzene rings is 2. The molecule has 0 atom stereocenters. The van der Waals surface area contributed by atoms with Gasteiger partial charge in [-0.15, -0.1) is 0 Å². The summed E-state index contributed by atoms with van der Waals surface area (Å²) in [7, 11) is 0. The number of anilines is 1. The van der Waals surface area contributed by atoms with Gasteiger partial charge in [-0.25, -0.2) is 4.98 Å². The van der Waals surface area contributed by atoms with Crippen molar-refractivity contribution >= 4 is 28.8 Å². The van der Waals surface area contributed by atoms with Crippen molar-refractivity contribution < 1.29 is 14.3 Å². The Kier molecular flexibility index (Phi) is 3.85. The van der Waals surface area contributed by atoms with Gasteiger partial charge in [-0.1, -0.05) is 12.1 Å². The fraction of sp³-hybridized carbons (Fsp3) is 0.111. The second-order valence-electron chi connectivity index (χ2n) is 5.37. The standard InChI is InChI=1S/C18H16N2O3/c1-11-3-5-15(21)13(9-11)19-17(22)7-8-18-20-14-10-12(2)4-6-16(14)23-18/h3-10,21H,1-2H3,(H,19,22)/b8-7+. The van der Waals surface area contributed by atoms with Gasteiger partial charge in [0.1, 0.15) is 11.3 Å². The Labute approximate surface area is 133 Å². The van der Waals surface area contributed by atoms with Gasteiger partial charge in [0.2, 0.25) is 11.8 Å². The molecule has 0 fully saturated rings. The Morgan fingerprint density at radius 1 is 1.17 bits per heavy atom. The SMILES string of the molecule is Cc1ccc(O)c(NC(=O)/C=C/c2nc3cc(C)ccc3o2)c1. The molecule has 1 amide bonds. The molecule has 0 aliphatic rings. The Bertz CT molecular complexity index is 910. The number of phenolic OH excluding ortho intramolecular Hbond substituents is 1. The Hall–Kier alpha value is -3.08. The topological polar surface area (TPSA) is 75.4 Å². The molecular formula is C18H16N2O3. The number of carbonyl (C=O) groups excluding carboxylic acids is 1. The summed E-state index contributed by atoms with van der Waals surface area (Å²) in [6, 6.07) is 10.7. The number of rotatable bonds is 3. The molecule has 5 nitrogen and oxygen atoms in total. The fourth-order valence-electron chi connectivity index (χ4n) is 2.20. The molecule has 0 bridgehead atoms. The highest BCUT2D eigenvalue weighted by Crippen LogP contribution is 2.24. The highest BCUT2D eigenvalue weighted by atomic mass is 16.3. The molecular weight excluding hydrogens is 292 g/mol. The van der Waals surface area contributed by atoms with Crippen LogP contribution in [0.15, 0.2) is 46.9 Å². The van der Waals surface area contributed by atoms with Gasteiger partial charge in [0.05, 0.1) is 5.69 Å². The van der Waals surface area contributed by atoms with E-state index in [4.69, 9.17) is 4.42 Å². The van der Waals surface area contributed by atoms with Crippen molar-refractivity contribution in [2.45, 2.75) is 13.8 Å². The number of nitrogens with one attached hydrogen (secondary N) is 1. The number of nitrogens with zero attached hydrogens (tertiary/aromatic N) is 1. The molecule has 0 aliphatic carbocycles. The second-order valence-corrected chi connectivity index (χ2v) is 5.37. The quantitative estimate of drug-likeness (QED) is 0.570. The number of amides is 1. The van der Waals surface area contributed by atoms with E-state index in [1.54, 1.807) is 12.1 Å². The fourth-order valence-corrected chi connectivity index (χ4v) is 2.20. The number of carbonyl (C=O) groups is 1. The first-order valence-electron chi connectivity index (χ1n) is 7.17. The first-order chi connectivity index (χ1) is 11.0. The lowest BCUT2D eigenvalue weighted by atomic mass is 10.2. The second kappa shape index (κ2) is 5.96. The minimum atomic E-state index is -0.371. The van der Waals surface area contributed by atoms with E-state index in [1.807, 2.05) is 32.0 Å². The van der Waals surface area contributed by atoms with E-state index in [2.05, 4.69) is 10.3 Å². The van der Waals surface area contributed by atoms with E-state index in [0.717, 1.165) is 16.6 Å². The summed E-state index contributed by atoms with van der Waals surface area (Å²) in [4.78, 5) is 16.2. The molecule has 1 aromatic heterocycles. The van der Waals surface area contributed by atoms with Crippen LogP contribution in [0.4, 0.5) is 5.69 Å². The van der Waals surface area contributed by atoms with Gasteiger partial charge in [-0.2, -0.15) is 0 Å². The molecule has 0 radical (unpaired) electrons. The van der Waals surface area contributed by atoms with Crippen molar-refractivity contribution in [1.29, 1.82) is 0 Å². The third-order valence-corrected chi connectivity index (χ3v) is 3.35. The van der Waals surface area contributed by atoms with Crippen LogP contribution in [0.5, 0.6) is 5.75 Å². The molecule has 0 saturated heterocycles. The van der Waals surface area contributed by atoms with Crippen LogP contribution in [-0.2, 0) is 4.79 Å². The third kappa shape index (κ3) is 3.40. The maximum absolute atomic E-state index is 11.9. The van der Waals surface area contributed by atoms with E-state index < -0.39 is 0 Å². The lowest BCUT2D eigenvalue weighted by Gasteiger charge is -2.05. The molecule has 2 aromatic carbocycles. The monoisotopic (exact) mass is 308 g/mol. The first kappa shape index (κ1) is 14.8. The molecule has 1 heterocycles. The number of phenols is 1. The smallest absolute Gasteiger partial charge is 0.248 e. The minimum absolute atomic E-state index is 0.0229. The van der Waals surface area contributed by atoms with Crippen LogP contribution in [0.3, 0.4) is 0 Å². The summed E-state index contributed by atoms with van der Waals surface area (Å²) < 4.78 is 5.54. The van der Waals surface area contributed by atoms with E-state index >= 15 is 0 Å². The number of aromatic hydroxyl groups is 1. The minimum Gasteiger partial charge on any atom is -0.506 e. The number of oxazole rings is 1. The number of aryl methyl sites for hydroxylation is 2. The number of fused-ring (bicyclic) bond motifs is 1. The summed E-state index contributed by atoms with van der Waals surface area (Å²) in [5, 5.41) is 12.3. The van der Waals surface area contributed by atoms with Gasteiger partial charge in [-0.3, -0.25) is 4.79 Å². The lowest BCUT2D eigenvalue weighted by Crippen LogP contribution is -2.08. The van der Waals surface area contributed by atoms with E-state index in [9.17, 15) is 9.90 Å². The number of aromatic nitrogens is 1. The molecule has 3 rings (SSSR count). The van der Waals surface area contributed by atoms with Crippen LogP contribution in [0, 0.1) is 13.8 Å². The molecule has 0 aliphatic heterocycles. The van der Waals surface area contributed by atoms with E-state index in [0.29, 0.717) is 17.2 Å². The highest BCUT2D eigenvalue weighted by Gasteiger charge is 2.06. The van der Waals surface area contributed by atoms with E-state index in [1.165, 1.54) is 18.2 Å². The van der Waals surface area contributed by atoms with Gasteiger partial charge in [0.15, 0.2) is 5.58 Å². The van der Waals surface area contributed by atoms with Crippen LogP contribution in [0.25, 0.3) is 17.2 Å². The molecule has 2 N–H and O–H groups in total. The summed E-state index contributed by atoms with van der Waals surface area (Å²) in [5.74, 6) is 0.00763. The zero-order valence-electron chi connectivity index (χ0n) is 12.8. The predicted molar refractivity (Wildman–Crippen MR) is 89.3 cm³/mol. The van der Waals surface area contributed by atoms with Crippen molar-refractivity contribution in [1.82, 2.24) is 4.98 Å². The highest BCUT2D eigenvalue weighted by molar-refractivity contribution is 6.02. The van der Waals surface area contributed by atoms with Gasteiger partial charge >= 0.3 is 0 Å². The van der Waals surface area contributed by atoms with E-state index in [-0.39, 0.29) is 11.7 Å². The lowest BCUT2D eigenvalue weighted by molar-refractivity contribution is -0.111. The Balaban J connectivity index is 1.75. The molecule has 23 heavy (non-hydrogen) atoms. The van der Waals surface area contributed by atoms with Crippen molar-refractivity contribution in [2.24, 2.45) is 0 Å². The van der Waals surface area contributed by atoms with Crippen molar-refractivity contribution in [3.05, 3.63) is 59.5 Å². The zero-order valence-corrected chi connectivity index (χ0v) is 12.8. The summed E-state index contributed by atoms with van der Waals surface area (Å²) in [5.41, 5.74) is 3.83. The summed E-state index contributed by atoms with van der Waals surface area (Å²) in [6.45, 7) is 3.86. The van der Waals surface area contributed by atoms with Crippen LogP contribution in [-0.4, -0.2) is 16.0 Å². The first-order valence-corrected chi connectivity index (χ1v) is 7.17. The van der Waals surface area contributed by atoms with Gasteiger partial charge in [-0.05, 0) is 49.2 Å². The normalized spacial score (nSPS) is 11.2. The average molecular weight is 308 g/mol. The molecule has 3 aromatic rings. The number of hydrogen-bond acceptors (Lipinski definition) is 4. The molecule has 0 unspecified atom stereocenters. The van der Waals surface area contributed by atoms with Gasteiger partial charge < -0.3 is 14.8 Å². The van der Waals surface area contributed by atoms with Gasteiger partial charge in [0.25, 0.3) is 0 Å². The molecule has 0 spiro atoms. The van der Waals surface area contributed by atoms with Crippen LogP contribution in [0.2, 0.25) is 0 Å². The largest absolute Gasteiger partial charge is 0.506 e. The van der Waals surface area contributed by atoms with Crippen LogP contribution < -0.4 is 5.32 Å². The van der Waals surface area contributed by atoms with Crippen LogP contribution in [0.1, 0.15) is 17.0 Å². The van der Waals surface area contributed by atoms with Crippen LogP contribution >= 0.6 is 0 Å². The predicted octanol–water partition coefficient (Wildman–Crippen LogP) is 3.80. The third-order valence-electron chi connectivity index (χ3n) is 3.35. The van der Waals surface area contributed by atoms with Crippen molar-refractivity contribution in [3.8, 4) is 5.75 Å².